The van der Waals surface area contributed by atoms with Gasteiger partial charge in [-0.15, -0.1) is 0 Å². The van der Waals surface area contributed by atoms with E-state index in [-0.39, 0.29) is 7.25 Å². The predicted octanol–water partition coefficient (Wildman–Crippen LogP) is 18.1. The molecule has 2 aromatic heterocycles. The number of aryl methyl sites for hydroxylation is 2. The van der Waals surface area contributed by atoms with E-state index >= 15 is 0 Å². The minimum atomic E-state index is -5.66. The molecule has 0 N–H and O–H groups in total. The van der Waals surface area contributed by atoms with E-state index in [4.69, 9.17) is 8.83 Å². The Hall–Kier alpha value is -5.48. The van der Waals surface area contributed by atoms with E-state index in [9.17, 15) is 17.0 Å². The van der Waals surface area contributed by atoms with Crippen LogP contribution in [0.25, 0.3) is 88.6 Å². The zero-order chi connectivity index (χ0) is 44.9. The number of hydrogen-bond acceptors (Lipinski definition) is 2. The molecule has 2 heterocycles. The molecule has 10 aromatic rings. The van der Waals surface area contributed by atoms with Gasteiger partial charge in [-0.25, -0.2) is 0 Å². The molecule has 322 valence electrons. The molecule has 8 aromatic carbocycles. The number of benzene rings is 8. The van der Waals surface area contributed by atoms with E-state index in [0.717, 1.165) is 57.1 Å². The van der Waals surface area contributed by atoms with E-state index in [1.807, 2.05) is 12.5 Å². The van der Waals surface area contributed by atoms with Crippen LogP contribution < -0.4 is 0 Å². The fourth-order valence-electron chi connectivity index (χ4n) is 11.8. The van der Waals surface area contributed by atoms with Gasteiger partial charge in [0.25, 0.3) is 0 Å². The van der Waals surface area contributed by atoms with Gasteiger partial charge in [-0.3, -0.25) is 0 Å². The van der Waals surface area contributed by atoms with Crippen molar-refractivity contribution in [2.75, 3.05) is 0 Å². The van der Waals surface area contributed by atoms with Crippen LogP contribution in [-0.4, -0.2) is 5.43 Å². The van der Waals surface area contributed by atoms with Crippen molar-refractivity contribution in [3.8, 4) is 22.3 Å². The molecule has 0 spiro atoms. The fourth-order valence-corrected chi connectivity index (χ4v) is 39.4. The van der Waals surface area contributed by atoms with E-state index in [1.165, 1.54) is 77.2 Å². The number of hydrogen-bond donors (Lipinski definition) is 0. The number of rotatable bonds is 8. The summed E-state index contributed by atoms with van der Waals surface area (Å²) in [6.07, 6.45) is 10.4. The number of furan rings is 2. The molecule has 0 fully saturated rings. The van der Waals surface area contributed by atoms with Gasteiger partial charge in [0.2, 0.25) is 0 Å². The second-order valence-electron chi connectivity index (χ2n) is 18.5. The number of halogens is 2. The first-order chi connectivity index (χ1) is 32.2. The van der Waals surface area contributed by atoms with E-state index in [0.29, 0.717) is 0 Å². The summed E-state index contributed by atoms with van der Waals surface area (Å²) in [5.74, 6) is 1.70. The van der Waals surface area contributed by atoms with Crippen LogP contribution in [0.3, 0.4) is 0 Å². The van der Waals surface area contributed by atoms with Gasteiger partial charge in [0.05, 0.1) is 0 Å². The second kappa shape index (κ2) is 15.8. The molecule has 0 bridgehead atoms. The fraction of sp³-hybridized carbons (Fsp3) is 0.133. The Morgan fingerprint density at radius 1 is 0.455 bits per heavy atom. The number of fused-ring (bicyclic) bond motifs is 6. The van der Waals surface area contributed by atoms with Crippen LogP contribution in [0.5, 0.6) is 0 Å². The van der Waals surface area contributed by atoms with Crippen molar-refractivity contribution < 1.29 is 23.8 Å². The SMILES string of the molecule is CCc1ccc2c(c1-c1cccc3ccccc13)C=C(c1occ3ccccc13)[CH]2[Zr]([Cl])([Cl])([CH]1C(c2occ3ccccc23)=Cc2c1ccc(CC)c2-c1cccc2ccccc12)=[Si](C)C. The zero-order valence-corrected chi connectivity index (χ0v) is 42.4. The Balaban J connectivity index is 1.20. The molecule has 0 saturated carbocycles. The third-order valence-corrected chi connectivity index (χ3v) is 61.3. The first-order valence-electron chi connectivity index (χ1n) is 23.2. The Morgan fingerprint density at radius 3 is 1.24 bits per heavy atom. The third kappa shape index (κ3) is 6.08. The van der Waals surface area contributed by atoms with Crippen LogP contribution in [0.4, 0.5) is 0 Å². The summed E-state index contributed by atoms with van der Waals surface area (Å²) in [6, 6.07) is 57.3. The molecule has 12 rings (SSSR count). The van der Waals surface area contributed by atoms with Crippen molar-refractivity contribution in [2.45, 2.75) is 47.0 Å². The van der Waals surface area contributed by atoms with Gasteiger partial charge in [-0.1, -0.05) is 0 Å². The molecule has 2 atom stereocenters. The van der Waals surface area contributed by atoms with Crippen LogP contribution in [0.2, 0.25) is 13.1 Å². The number of allylic oxidation sites excluding steroid dienone is 2. The van der Waals surface area contributed by atoms with Gasteiger partial charge in [0.15, 0.2) is 0 Å². The molecule has 0 amide bonds. The molecule has 66 heavy (non-hydrogen) atoms. The van der Waals surface area contributed by atoms with Crippen LogP contribution >= 0.6 is 17.0 Å². The topological polar surface area (TPSA) is 26.3 Å². The summed E-state index contributed by atoms with van der Waals surface area (Å²) in [7, 11) is 18.6. The molecular weight excluding hydrogens is 943 g/mol. The zero-order valence-electron chi connectivity index (χ0n) is 37.5. The molecule has 6 heteroatoms. The van der Waals surface area contributed by atoms with Crippen molar-refractivity contribution in [3.63, 3.8) is 0 Å². The monoisotopic (exact) mass is 988 g/mol. The summed E-state index contributed by atoms with van der Waals surface area (Å²) in [4.78, 5) is 0. The van der Waals surface area contributed by atoms with Crippen LogP contribution in [0, 0.1) is 0 Å². The van der Waals surface area contributed by atoms with E-state index in [2.05, 4.69) is 197 Å². The summed E-state index contributed by atoms with van der Waals surface area (Å²) < 4.78 is 13.0. The Kier molecular flexibility index (Phi) is 10.0. The summed E-state index contributed by atoms with van der Waals surface area (Å²) in [6.45, 7) is 9.30. The summed E-state index contributed by atoms with van der Waals surface area (Å²) >= 11 is -5.66. The van der Waals surface area contributed by atoms with Gasteiger partial charge in [-0.05, 0) is 0 Å². The minimum absolute atomic E-state index is 0.310. The molecular formula is C60H48Cl2O2SiZr. The first kappa shape index (κ1) is 41.9. The van der Waals surface area contributed by atoms with Gasteiger partial charge in [-0.2, -0.15) is 0 Å². The molecule has 0 radical (unpaired) electrons. The maximum absolute atomic E-state index is 9.31. The molecule has 0 aliphatic heterocycles. The van der Waals surface area contributed by atoms with Crippen LogP contribution in [0.15, 0.2) is 179 Å². The molecule has 2 unspecified atom stereocenters. The Bertz CT molecular complexity index is 3550. The second-order valence-corrected chi connectivity index (χ2v) is 57.3. The molecule has 2 aliphatic carbocycles. The van der Waals surface area contributed by atoms with Crippen molar-refractivity contribution in [2.24, 2.45) is 0 Å². The molecule has 2 aliphatic rings. The quantitative estimate of drug-likeness (QED) is 0.142. The molecule has 0 saturated heterocycles. The van der Waals surface area contributed by atoms with Gasteiger partial charge >= 0.3 is 397 Å². The third-order valence-electron chi connectivity index (χ3n) is 15.0. The average Bonchev–Trinajstić information content (AvgIpc) is 4.16. The summed E-state index contributed by atoms with van der Waals surface area (Å²) in [5, 5.41) is 9.16. The van der Waals surface area contributed by atoms with Crippen molar-refractivity contribution >= 4 is 88.8 Å². The standard InChI is InChI=1S/2C29H21O.C2H6Si.2ClH.Zr/c2*1-2-19-14-15-21-16-23(29-25-12-6-4-9-22(25)18-30-29)17-27(21)28(19)26-13-7-10-20-8-3-5-11-24(20)26;1-3-2;;;/h2*3-18H,2H2,1H3;1-2H3;2*1H;/q;;;;;+2/p-2. The Labute approximate surface area is 394 Å². The van der Waals surface area contributed by atoms with E-state index < -0.39 is 20.4 Å². The van der Waals surface area contributed by atoms with E-state index in [1.54, 1.807) is 0 Å². The average molecular weight is 991 g/mol. The van der Waals surface area contributed by atoms with Gasteiger partial charge < -0.3 is 0 Å². The normalized spacial score (nSPS) is 16.0. The summed E-state index contributed by atoms with van der Waals surface area (Å²) in [5.41, 5.74) is 12.9. The van der Waals surface area contributed by atoms with Gasteiger partial charge in [0, 0.05) is 0 Å². The Morgan fingerprint density at radius 2 is 0.833 bits per heavy atom. The maximum atomic E-state index is 9.31. The van der Waals surface area contributed by atoms with Crippen LogP contribution in [-0.2, 0) is 27.9 Å². The van der Waals surface area contributed by atoms with Crippen molar-refractivity contribution in [3.05, 3.63) is 215 Å². The van der Waals surface area contributed by atoms with Crippen LogP contribution in [0.1, 0.15) is 66.0 Å². The first-order valence-corrected chi connectivity index (χ1v) is 38.6. The molecule has 2 nitrogen and oxygen atoms in total. The predicted molar refractivity (Wildman–Crippen MR) is 280 cm³/mol. The van der Waals surface area contributed by atoms with Crippen molar-refractivity contribution in [1.29, 1.82) is 0 Å². The van der Waals surface area contributed by atoms with Crippen molar-refractivity contribution in [1.82, 2.24) is 0 Å². The van der Waals surface area contributed by atoms with Gasteiger partial charge in [0.1, 0.15) is 0 Å².